The molecule has 39 heavy (non-hydrogen) atoms. The summed E-state index contributed by atoms with van der Waals surface area (Å²) in [6.45, 7) is 3.74. The first-order chi connectivity index (χ1) is 18.8. The van der Waals surface area contributed by atoms with Gasteiger partial charge in [-0.15, -0.1) is 0 Å². The Labute approximate surface area is 226 Å². The van der Waals surface area contributed by atoms with Crippen LogP contribution in [0.3, 0.4) is 0 Å². The Morgan fingerprint density at radius 1 is 0.641 bits per heavy atom. The molecule has 3 aromatic carbocycles. The Morgan fingerprint density at radius 3 is 1.92 bits per heavy atom. The van der Waals surface area contributed by atoms with Gasteiger partial charge in [0.25, 0.3) is 0 Å². The molecule has 1 aliphatic carbocycles. The van der Waals surface area contributed by atoms with Gasteiger partial charge < -0.3 is 0 Å². The molecule has 208 valence electrons. The van der Waals surface area contributed by atoms with E-state index in [-0.39, 0.29) is 40.5 Å². The first kappa shape index (κ1) is 29.0. The fourth-order valence-electron chi connectivity index (χ4n) is 5.51. The van der Waals surface area contributed by atoms with Gasteiger partial charge in [0.1, 0.15) is 0 Å². The van der Waals surface area contributed by atoms with E-state index >= 15 is 0 Å². The molecular formula is C33H34F6. The van der Waals surface area contributed by atoms with Gasteiger partial charge in [-0.05, 0) is 73.5 Å². The first-order valence-electron chi connectivity index (χ1n) is 13.9. The topological polar surface area (TPSA) is 0 Å². The van der Waals surface area contributed by atoms with E-state index in [0.29, 0.717) is 43.2 Å². The van der Waals surface area contributed by atoms with Gasteiger partial charge in [0.05, 0.1) is 0 Å². The summed E-state index contributed by atoms with van der Waals surface area (Å²) in [6, 6.07) is 8.65. The number of hydrogen-bond acceptors (Lipinski definition) is 0. The highest BCUT2D eigenvalue weighted by atomic mass is 19.2. The Kier molecular flexibility index (Phi) is 9.58. The minimum atomic E-state index is -1.24. The third-order valence-corrected chi connectivity index (χ3v) is 7.95. The van der Waals surface area contributed by atoms with E-state index in [9.17, 15) is 26.3 Å². The quantitative estimate of drug-likeness (QED) is 0.186. The summed E-state index contributed by atoms with van der Waals surface area (Å²) in [4.78, 5) is 0. The van der Waals surface area contributed by atoms with E-state index in [0.717, 1.165) is 19.3 Å². The van der Waals surface area contributed by atoms with Crippen LogP contribution in [0.25, 0.3) is 17.2 Å². The maximum Gasteiger partial charge on any atom is 0.167 e. The van der Waals surface area contributed by atoms with Gasteiger partial charge in [-0.25, -0.2) is 26.3 Å². The second kappa shape index (κ2) is 12.9. The lowest BCUT2D eigenvalue weighted by atomic mass is 9.78. The third kappa shape index (κ3) is 6.26. The highest BCUT2D eigenvalue weighted by Gasteiger charge is 2.26. The fourth-order valence-corrected chi connectivity index (χ4v) is 5.51. The Bertz CT molecular complexity index is 1330. The summed E-state index contributed by atoms with van der Waals surface area (Å²) in [5, 5.41) is 0. The molecule has 3 aromatic rings. The molecule has 1 saturated carbocycles. The summed E-state index contributed by atoms with van der Waals surface area (Å²) >= 11 is 0. The van der Waals surface area contributed by atoms with E-state index in [2.05, 4.69) is 6.92 Å². The van der Waals surface area contributed by atoms with E-state index in [4.69, 9.17) is 0 Å². The molecule has 0 saturated heterocycles. The molecule has 0 radical (unpaired) electrons. The zero-order chi connectivity index (χ0) is 28.1. The molecule has 0 unspecified atom stereocenters. The van der Waals surface area contributed by atoms with Crippen LogP contribution in [-0.4, -0.2) is 0 Å². The molecule has 0 N–H and O–H groups in total. The zero-order valence-corrected chi connectivity index (χ0v) is 22.4. The van der Waals surface area contributed by atoms with Crippen molar-refractivity contribution in [2.24, 2.45) is 5.92 Å². The number of unbranched alkanes of at least 4 members (excludes halogenated alkanes) is 2. The summed E-state index contributed by atoms with van der Waals surface area (Å²) in [6.07, 6.45) is 9.67. The SMILES string of the molecule is CCCCCc1ccc(C2CCC(C=Cc3ccc(-c4ccc(CC)c(F)c4F)c(F)c3F)CC2)c(F)c1F. The summed E-state index contributed by atoms with van der Waals surface area (Å²) < 4.78 is 87.9. The fraction of sp³-hybridized carbons (Fsp3) is 0.394. The molecule has 1 aliphatic rings. The lowest BCUT2D eigenvalue weighted by molar-refractivity contribution is 0.364. The summed E-state index contributed by atoms with van der Waals surface area (Å²) in [5.74, 6) is -6.12. The molecule has 0 atom stereocenters. The van der Waals surface area contributed by atoms with Crippen molar-refractivity contribution in [3.8, 4) is 11.1 Å². The maximum absolute atomic E-state index is 14.9. The largest absolute Gasteiger partial charge is 0.203 e. The van der Waals surface area contributed by atoms with Gasteiger partial charge in [-0.3, -0.25) is 0 Å². The highest BCUT2D eigenvalue weighted by molar-refractivity contribution is 5.68. The van der Waals surface area contributed by atoms with Crippen molar-refractivity contribution in [2.45, 2.75) is 77.6 Å². The van der Waals surface area contributed by atoms with E-state index in [1.807, 2.05) is 0 Å². The van der Waals surface area contributed by atoms with Crippen molar-refractivity contribution < 1.29 is 26.3 Å². The van der Waals surface area contributed by atoms with Crippen LogP contribution in [0.5, 0.6) is 0 Å². The minimum absolute atomic E-state index is 0.0104. The number of aryl methyl sites for hydroxylation is 2. The molecule has 4 rings (SSSR count). The third-order valence-electron chi connectivity index (χ3n) is 7.95. The van der Waals surface area contributed by atoms with Crippen LogP contribution in [0.1, 0.15) is 87.0 Å². The second-order valence-electron chi connectivity index (χ2n) is 10.5. The van der Waals surface area contributed by atoms with E-state index in [1.54, 1.807) is 25.1 Å². The van der Waals surface area contributed by atoms with Gasteiger partial charge in [0, 0.05) is 16.7 Å². The lowest BCUT2D eigenvalue weighted by Gasteiger charge is -2.27. The maximum atomic E-state index is 14.9. The Morgan fingerprint density at radius 2 is 1.26 bits per heavy atom. The van der Waals surface area contributed by atoms with Crippen LogP contribution >= 0.6 is 0 Å². The first-order valence-corrected chi connectivity index (χ1v) is 13.9. The zero-order valence-electron chi connectivity index (χ0n) is 22.4. The normalized spacial score (nSPS) is 17.7. The average Bonchev–Trinajstić information content (AvgIpc) is 2.94. The van der Waals surface area contributed by atoms with Crippen LogP contribution in [0, 0.1) is 40.8 Å². The monoisotopic (exact) mass is 544 g/mol. The Balaban J connectivity index is 1.42. The van der Waals surface area contributed by atoms with Crippen molar-refractivity contribution in [3.63, 3.8) is 0 Å². The molecule has 0 spiro atoms. The number of allylic oxidation sites excluding steroid dienone is 1. The van der Waals surface area contributed by atoms with Crippen LogP contribution in [-0.2, 0) is 12.8 Å². The molecule has 0 aromatic heterocycles. The number of benzene rings is 3. The highest BCUT2D eigenvalue weighted by Crippen LogP contribution is 2.39. The van der Waals surface area contributed by atoms with Crippen molar-refractivity contribution in [2.75, 3.05) is 0 Å². The van der Waals surface area contributed by atoms with Crippen LogP contribution in [0.4, 0.5) is 26.3 Å². The smallest absolute Gasteiger partial charge is 0.167 e. The second-order valence-corrected chi connectivity index (χ2v) is 10.5. The Hall–Kier alpha value is -3.02. The minimum Gasteiger partial charge on any atom is -0.203 e. The number of halogens is 6. The molecule has 6 heteroatoms. The van der Waals surface area contributed by atoms with Gasteiger partial charge in [-0.2, -0.15) is 0 Å². The standard InChI is InChI=1S/C33H34F6/c1-3-5-6-7-23-15-17-25(31(37)29(23)35)22-11-8-20(9-12-22)10-13-24-16-19-27(33(39)30(24)36)26-18-14-21(4-2)28(34)32(26)38/h10,13-20,22H,3-9,11-12H2,1-2H3. The molecule has 0 bridgehead atoms. The molecule has 0 amide bonds. The predicted octanol–water partition coefficient (Wildman–Crippen LogP) is 10.5. The lowest BCUT2D eigenvalue weighted by Crippen LogP contribution is -2.14. The summed E-state index contributed by atoms with van der Waals surface area (Å²) in [7, 11) is 0. The molecule has 0 nitrogen and oxygen atoms in total. The number of hydrogen-bond donors (Lipinski definition) is 0. The average molecular weight is 545 g/mol. The summed E-state index contributed by atoms with van der Waals surface area (Å²) in [5.41, 5.74) is 0.346. The van der Waals surface area contributed by atoms with E-state index < -0.39 is 34.9 Å². The van der Waals surface area contributed by atoms with Crippen molar-refractivity contribution >= 4 is 6.08 Å². The van der Waals surface area contributed by atoms with Gasteiger partial charge in [0.15, 0.2) is 34.9 Å². The molecule has 1 fully saturated rings. The van der Waals surface area contributed by atoms with Crippen molar-refractivity contribution in [1.29, 1.82) is 0 Å². The molecule has 0 aliphatic heterocycles. The van der Waals surface area contributed by atoms with Gasteiger partial charge in [-0.1, -0.05) is 75.2 Å². The molecular weight excluding hydrogens is 510 g/mol. The van der Waals surface area contributed by atoms with Crippen molar-refractivity contribution in [3.05, 3.63) is 99.6 Å². The predicted molar refractivity (Wildman–Crippen MR) is 144 cm³/mol. The van der Waals surface area contributed by atoms with Crippen LogP contribution in [0.15, 0.2) is 42.5 Å². The van der Waals surface area contributed by atoms with Crippen molar-refractivity contribution in [1.82, 2.24) is 0 Å². The number of rotatable bonds is 9. The van der Waals surface area contributed by atoms with Gasteiger partial charge in [0.2, 0.25) is 0 Å². The van der Waals surface area contributed by atoms with Crippen LogP contribution < -0.4 is 0 Å². The van der Waals surface area contributed by atoms with E-state index in [1.165, 1.54) is 30.3 Å². The van der Waals surface area contributed by atoms with Crippen LogP contribution in [0.2, 0.25) is 0 Å². The molecule has 0 heterocycles. The van der Waals surface area contributed by atoms with Gasteiger partial charge >= 0.3 is 0 Å².